The van der Waals surface area contributed by atoms with Crippen LogP contribution >= 0.6 is 0 Å². The second kappa shape index (κ2) is 10.1. The molecule has 1 saturated heterocycles. The number of nitrogens with zero attached hydrogens (tertiary/aromatic N) is 2. The van der Waals surface area contributed by atoms with E-state index >= 15 is 13.2 Å². The molecule has 0 spiro atoms. The van der Waals surface area contributed by atoms with Gasteiger partial charge in [-0.2, -0.15) is 0 Å². The van der Waals surface area contributed by atoms with Gasteiger partial charge in [-0.1, -0.05) is 18.2 Å². The first kappa shape index (κ1) is 26.8. The van der Waals surface area contributed by atoms with E-state index in [1.54, 1.807) is 24.3 Å². The van der Waals surface area contributed by atoms with E-state index in [0.717, 1.165) is 17.0 Å². The summed E-state index contributed by atoms with van der Waals surface area (Å²) in [6.07, 6.45) is 0.569. The van der Waals surface area contributed by atoms with Gasteiger partial charge in [-0.25, -0.2) is 22.0 Å². The molecular formula is C27H30F6N4O. The van der Waals surface area contributed by atoms with Crippen molar-refractivity contribution >= 4 is 16.6 Å². The van der Waals surface area contributed by atoms with Crippen LogP contribution in [-0.4, -0.2) is 77.4 Å². The number of benzene rings is 2. The highest BCUT2D eigenvalue weighted by molar-refractivity contribution is 5.85. The molecule has 38 heavy (non-hydrogen) atoms. The number of aliphatic hydroxyl groups is 1. The van der Waals surface area contributed by atoms with Crippen LogP contribution in [0.15, 0.2) is 36.4 Å². The largest absolute Gasteiger partial charge is 0.390 e. The molecule has 3 aromatic rings. The molecule has 5 rings (SSSR count). The van der Waals surface area contributed by atoms with Crippen molar-refractivity contribution in [3.63, 3.8) is 0 Å². The standard InChI is InChI=1S/C27H30F6N4O/c1-16-9-20-19-5-2-3-6-23(19)35-25(20)27(33,37(16)14-26(31,32)15-38)24-21(29)10-17(11-22(24)30)34-18-12-36(13-18)8-4-7-28/h2-3,5-6,10-11,16,18,34-35,38H,4,7-9,12-15H2,1H3. The fraction of sp³-hybridized carbons (Fsp3) is 0.481. The number of aliphatic hydroxyl groups excluding tert-OH is 1. The van der Waals surface area contributed by atoms with Gasteiger partial charge in [0.05, 0.1) is 30.5 Å². The molecule has 0 radical (unpaired) electrons. The van der Waals surface area contributed by atoms with E-state index in [9.17, 15) is 18.3 Å². The number of nitrogens with one attached hydrogen (secondary N) is 2. The predicted octanol–water partition coefficient (Wildman–Crippen LogP) is 4.95. The predicted molar refractivity (Wildman–Crippen MR) is 133 cm³/mol. The summed E-state index contributed by atoms with van der Waals surface area (Å²) in [7, 11) is 0. The van der Waals surface area contributed by atoms with Crippen molar-refractivity contribution in [3.8, 4) is 0 Å². The van der Waals surface area contributed by atoms with E-state index in [1.807, 2.05) is 4.90 Å². The minimum Gasteiger partial charge on any atom is -0.390 e. The Balaban J connectivity index is 1.55. The number of para-hydroxylation sites is 1. The number of aromatic nitrogens is 1. The van der Waals surface area contributed by atoms with Crippen molar-refractivity contribution in [2.24, 2.45) is 0 Å². The van der Waals surface area contributed by atoms with Crippen LogP contribution in [-0.2, 0) is 12.2 Å². The quantitative estimate of drug-likeness (QED) is 0.266. The number of alkyl halides is 4. The average Bonchev–Trinajstić information content (AvgIpc) is 3.22. The zero-order chi connectivity index (χ0) is 27.2. The fourth-order valence-electron chi connectivity index (χ4n) is 5.72. The van der Waals surface area contributed by atoms with Crippen molar-refractivity contribution < 1.29 is 31.4 Å². The molecule has 3 N–H and O–H groups in total. The van der Waals surface area contributed by atoms with Crippen LogP contribution in [0, 0.1) is 11.6 Å². The molecule has 3 heterocycles. The summed E-state index contributed by atoms with van der Waals surface area (Å²) < 4.78 is 90.0. The Bertz CT molecular complexity index is 1290. The third-order valence-electron chi connectivity index (χ3n) is 7.51. The first-order valence-corrected chi connectivity index (χ1v) is 12.7. The monoisotopic (exact) mass is 540 g/mol. The fourth-order valence-corrected chi connectivity index (χ4v) is 5.72. The van der Waals surface area contributed by atoms with Gasteiger partial charge in [-0.05, 0) is 43.5 Å². The lowest BCUT2D eigenvalue weighted by Gasteiger charge is -2.46. The van der Waals surface area contributed by atoms with Gasteiger partial charge in [0.15, 0.2) is 0 Å². The maximum Gasteiger partial charge on any atom is 0.283 e. The van der Waals surface area contributed by atoms with Crippen LogP contribution in [0.5, 0.6) is 0 Å². The highest BCUT2D eigenvalue weighted by atomic mass is 19.3. The van der Waals surface area contributed by atoms with Crippen LogP contribution in [0.2, 0.25) is 0 Å². The van der Waals surface area contributed by atoms with Crippen molar-refractivity contribution in [3.05, 3.63) is 64.9 Å². The van der Waals surface area contributed by atoms with Crippen LogP contribution in [0.25, 0.3) is 10.9 Å². The van der Waals surface area contributed by atoms with Gasteiger partial charge in [0.25, 0.3) is 5.92 Å². The number of H-pyrrole nitrogens is 1. The zero-order valence-corrected chi connectivity index (χ0v) is 20.9. The Kier molecular flexibility index (Phi) is 7.12. The second-order valence-electron chi connectivity index (χ2n) is 10.3. The van der Waals surface area contributed by atoms with Crippen molar-refractivity contribution in [1.82, 2.24) is 14.8 Å². The summed E-state index contributed by atoms with van der Waals surface area (Å²) in [5, 5.41) is 12.9. The van der Waals surface area contributed by atoms with Crippen LogP contribution in [0.4, 0.5) is 32.0 Å². The van der Waals surface area contributed by atoms with E-state index in [1.165, 1.54) is 6.92 Å². The molecular weight excluding hydrogens is 510 g/mol. The molecule has 11 heteroatoms. The summed E-state index contributed by atoms with van der Waals surface area (Å²) in [5.74, 6) is -9.25. The number of rotatable bonds is 9. The van der Waals surface area contributed by atoms with E-state index in [0.29, 0.717) is 42.5 Å². The van der Waals surface area contributed by atoms with Crippen LogP contribution in [0.3, 0.4) is 0 Å². The van der Waals surface area contributed by atoms with Gasteiger partial charge in [-0.3, -0.25) is 14.2 Å². The van der Waals surface area contributed by atoms with Gasteiger partial charge in [0.2, 0.25) is 5.79 Å². The SMILES string of the molecule is CC1Cc2c([nH]c3ccccc23)C(F)(c2c(F)cc(NC3CN(CCCF)C3)cc2F)N1CC(F)(F)CO. The highest BCUT2D eigenvalue weighted by Gasteiger charge is 2.55. The number of hydrogen-bond donors (Lipinski definition) is 3. The first-order valence-electron chi connectivity index (χ1n) is 12.7. The molecule has 2 aliphatic rings. The zero-order valence-electron chi connectivity index (χ0n) is 20.9. The third kappa shape index (κ3) is 4.65. The number of aromatic amines is 1. The lowest BCUT2D eigenvalue weighted by Crippen LogP contribution is -2.57. The minimum absolute atomic E-state index is 0.0930. The first-order chi connectivity index (χ1) is 18.1. The van der Waals surface area contributed by atoms with Crippen molar-refractivity contribution in [2.45, 2.75) is 43.6 Å². The lowest BCUT2D eigenvalue weighted by atomic mass is 9.85. The number of likely N-dealkylation sites (tertiary alicyclic amines) is 1. The van der Waals surface area contributed by atoms with Gasteiger partial charge >= 0.3 is 0 Å². The van der Waals surface area contributed by atoms with Gasteiger partial charge in [-0.15, -0.1) is 0 Å². The molecule has 2 aliphatic heterocycles. The Morgan fingerprint density at radius 1 is 1.16 bits per heavy atom. The number of halogens is 6. The molecule has 2 atom stereocenters. The lowest BCUT2D eigenvalue weighted by molar-refractivity contribution is -0.134. The molecule has 0 amide bonds. The summed E-state index contributed by atoms with van der Waals surface area (Å²) in [6.45, 7) is 0.0318. The second-order valence-corrected chi connectivity index (χ2v) is 10.3. The molecule has 2 unspecified atom stereocenters. The van der Waals surface area contributed by atoms with Gasteiger partial charge < -0.3 is 15.4 Å². The van der Waals surface area contributed by atoms with E-state index in [2.05, 4.69) is 10.3 Å². The molecule has 5 nitrogen and oxygen atoms in total. The smallest absolute Gasteiger partial charge is 0.283 e. The molecule has 1 aromatic heterocycles. The van der Waals surface area contributed by atoms with E-state index in [-0.39, 0.29) is 23.8 Å². The molecule has 1 fully saturated rings. The molecule has 2 aromatic carbocycles. The van der Waals surface area contributed by atoms with Gasteiger partial charge in [0.1, 0.15) is 18.2 Å². The Morgan fingerprint density at radius 3 is 2.50 bits per heavy atom. The highest BCUT2D eigenvalue weighted by Crippen LogP contribution is 2.49. The Labute approximate surface area is 216 Å². The van der Waals surface area contributed by atoms with Gasteiger partial charge in [0, 0.05) is 42.3 Å². The average molecular weight is 541 g/mol. The maximum absolute atomic E-state index is 17.4. The van der Waals surface area contributed by atoms with Crippen molar-refractivity contribution in [2.75, 3.05) is 44.8 Å². The maximum atomic E-state index is 17.4. The molecule has 206 valence electrons. The topological polar surface area (TPSA) is 54.5 Å². The van der Waals surface area contributed by atoms with Crippen molar-refractivity contribution in [1.29, 1.82) is 0 Å². The third-order valence-corrected chi connectivity index (χ3v) is 7.51. The molecule has 0 bridgehead atoms. The number of hydrogen-bond acceptors (Lipinski definition) is 4. The van der Waals surface area contributed by atoms with Crippen LogP contribution in [0.1, 0.15) is 30.2 Å². The minimum atomic E-state index is -3.71. The summed E-state index contributed by atoms with van der Waals surface area (Å²) >= 11 is 0. The number of anilines is 1. The molecule has 0 saturated carbocycles. The Hall–Kier alpha value is -2.76. The van der Waals surface area contributed by atoms with E-state index in [4.69, 9.17) is 0 Å². The van der Waals surface area contributed by atoms with E-state index < -0.39 is 54.8 Å². The number of fused-ring (bicyclic) bond motifs is 3. The van der Waals surface area contributed by atoms with Crippen LogP contribution < -0.4 is 5.32 Å². The summed E-state index contributed by atoms with van der Waals surface area (Å²) in [6, 6.07) is 7.83. The molecule has 0 aliphatic carbocycles. The Morgan fingerprint density at radius 2 is 1.84 bits per heavy atom. The summed E-state index contributed by atoms with van der Waals surface area (Å²) in [5.41, 5.74) is -0.122. The summed E-state index contributed by atoms with van der Waals surface area (Å²) in [4.78, 5) is 5.62. The normalized spacial score (nSPS) is 23.0.